The van der Waals surface area contributed by atoms with Crippen molar-refractivity contribution in [2.45, 2.75) is 62.2 Å². The first-order valence-corrected chi connectivity index (χ1v) is 10.1. The van der Waals surface area contributed by atoms with Crippen molar-refractivity contribution in [1.82, 2.24) is 0 Å². The fourth-order valence-corrected chi connectivity index (χ4v) is 8.22. The molecule has 77 valence electrons. The van der Waals surface area contributed by atoms with Crippen LogP contribution in [-0.2, 0) is 0 Å². The van der Waals surface area contributed by atoms with Crippen LogP contribution in [0.25, 0.3) is 0 Å². The molecule has 0 saturated heterocycles. The standard InChI is InChI=1S/C12H25Ge/c1-5-7-9-13(10-8-6-2)11-12(3)4/h3,5-11H2,1-2,4H3. The first-order valence-electron chi connectivity index (χ1n) is 5.68. The predicted octanol–water partition coefficient (Wildman–Crippen LogP) is 4.66. The van der Waals surface area contributed by atoms with Gasteiger partial charge < -0.3 is 0 Å². The van der Waals surface area contributed by atoms with Gasteiger partial charge in [0.1, 0.15) is 0 Å². The van der Waals surface area contributed by atoms with Gasteiger partial charge in [-0.05, 0) is 0 Å². The van der Waals surface area contributed by atoms with Crippen molar-refractivity contribution < 1.29 is 0 Å². The minimum absolute atomic E-state index is 0.695. The zero-order chi connectivity index (χ0) is 10.1. The number of unbranched alkanes of at least 4 members (excludes halogenated alkanes) is 2. The summed E-state index contributed by atoms with van der Waals surface area (Å²) in [4.78, 5) is 0. The summed E-state index contributed by atoms with van der Waals surface area (Å²) in [7, 11) is 0. The molecule has 1 radical (unpaired) electrons. The minimum atomic E-state index is -0.695. The van der Waals surface area contributed by atoms with E-state index in [4.69, 9.17) is 0 Å². The van der Waals surface area contributed by atoms with Crippen LogP contribution in [0.2, 0.25) is 15.8 Å². The number of hydrogen-bond acceptors (Lipinski definition) is 0. The van der Waals surface area contributed by atoms with E-state index in [0.717, 1.165) is 0 Å². The predicted molar refractivity (Wildman–Crippen MR) is 64.8 cm³/mol. The molecule has 0 saturated carbocycles. The van der Waals surface area contributed by atoms with Crippen LogP contribution in [0.5, 0.6) is 0 Å². The Labute approximate surface area is 88.9 Å². The van der Waals surface area contributed by atoms with Gasteiger partial charge in [0.05, 0.1) is 0 Å². The summed E-state index contributed by atoms with van der Waals surface area (Å²) in [6.07, 6.45) is 5.68. The third-order valence-electron chi connectivity index (χ3n) is 2.32. The molecule has 0 aromatic carbocycles. The van der Waals surface area contributed by atoms with Crippen LogP contribution in [-0.4, -0.2) is 14.3 Å². The van der Waals surface area contributed by atoms with Gasteiger partial charge in [-0.1, -0.05) is 0 Å². The molecule has 13 heavy (non-hydrogen) atoms. The fraction of sp³-hybridized carbons (Fsp3) is 0.833. The third-order valence-corrected chi connectivity index (χ3v) is 9.09. The summed E-state index contributed by atoms with van der Waals surface area (Å²) in [5.41, 5.74) is 1.43. The maximum atomic E-state index is 4.05. The van der Waals surface area contributed by atoms with Crippen molar-refractivity contribution in [3.8, 4) is 0 Å². The summed E-state index contributed by atoms with van der Waals surface area (Å²) >= 11 is -0.695. The number of rotatable bonds is 8. The van der Waals surface area contributed by atoms with Crippen molar-refractivity contribution in [3.63, 3.8) is 0 Å². The topological polar surface area (TPSA) is 0 Å². The molecule has 0 heterocycles. The van der Waals surface area contributed by atoms with Gasteiger partial charge in [0.15, 0.2) is 0 Å². The Bertz CT molecular complexity index is 121. The summed E-state index contributed by atoms with van der Waals surface area (Å²) in [6.45, 7) is 10.9. The van der Waals surface area contributed by atoms with E-state index in [1.165, 1.54) is 36.5 Å². The summed E-state index contributed by atoms with van der Waals surface area (Å²) in [5, 5.41) is 4.56. The molecule has 0 aromatic heterocycles. The Morgan fingerprint density at radius 1 is 1.08 bits per heavy atom. The van der Waals surface area contributed by atoms with Gasteiger partial charge >= 0.3 is 88.7 Å². The van der Waals surface area contributed by atoms with E-state index in [0.29, 0.717) is 0 Å². The van der Waals surface area contributed by atoms with Crippen LogP contribution >= 0.6 is 0 Å². The van der Waals surface area contributed by atoms with E-state index < -0.39 is 14.3 Å². The molecule has 0 spiro atoms. The van der Waals surface area contributed by atoms with Crippen LogP contribution in [0.3, 0.4) is 0 Å². The van der Waals surface area contributed by atoms with Crippen molar-refractivity contribution >= 4 is 14.3 Å². The molecule has 0 aliphatic rings. The third kappa shape index (κ3) is 8.61. The fourth-order valence-electron chi connectivity index (χ4n) is 1.58. The molecule has 0 amide bonds. The molecular formula is C12H25Ge. The molecule has 0 unspecified atom stereocenters. The van der Waals surface area contributed by atoms with Crippen LogP contribution in [0.4, 0.5) is 0 Å². The Morgan fingerprint density at radius 3 is 1.85 bits per heavy atom. The molecule has 0 N–H and O–H groups in total. The van der Waals surface area contributed by atoms with E-state index in [2.05, 4.69) is 27.4 Å². The van der Waals surface area contributed by atoms with E-state index >= 15 is 0 Å². The van der Waals surface area contributed by atoms with Gasteiger partial charge in [-0.2, -0.15) is 0 Å². The second-order valence-corrected chi connectivity index (χ2v) is 10.1. The normalized spacial score (nSPS) is 10.8. The van der Waals surface area contributed by atoms with Crippen molar-refractivity contribution in [2.24, 2.45) is 0 Å². The van der Waals surface area contributed by atoms with Crippen molar-refractivity contribution in [2.75, 3.05) is 0 Å². The molecule has 0 aliphatic carbocycles. The molecular weight excluding hydrogens is 217 g/mol. The van der Waals surface area contributed by atoms with E-state index in [1.54, 1.807) is 10.5 Å². The van der Waals surface area contributed by atoms with Gasteiger partial charge in [-0.3, -0.25) is 0 Å². The van der Waals surface area contributed by atoms with Gasteiger partial charge in [0.25, 0.3) is 0 Å². The molecule has 0 nitrogen and oxygen atoms in total. The summed E-state index contributed by atoms with van der Waals surface area (Å²) in [6, 6.07) is 0. The Morgan fingerprint density at radius 2 is 1.54 bits per heavy atom. The molecule has 1 heteroatoms. The van der Waals surface area contributed by atoms with Crippen LogP contribution in [0, 0.1) is 0 Å². The van der Waals surface area contributed by atoms with E-state index in [-0.39, 0.29) is 0 Å². The monoisotopic (exact) mass is 243 g/mol. The maximum absolute atomic E-state index is 4.05. The molecule has 0 bridgehead atoms. The average molecular weight is 242 g/mol. The molecule has 0 rings (SSSR count). The summed E-state index contributed by atoms with van der Waals surface area (Å²) < 4.78 is 0. The molecule has 0 aromatic rings. The van der Waals surface area contributed by atoms with Crippen molar-refractivity contribution in [3.05, 3.63) is 12.2 Å². The second kappa shape index (κ2) is 8.86. The van der Waals surface area contributed by atoms with E-state index in [1.807, 2.05) is 0 Å². The zero-order valence-electron chi connectivity index (χ0n) is 9.66. The first kappa shape index (κ1) is 13.3. The Hall–Kier alpha value is 0.283. The molecule has 0 aliphatic heterocycles. The first-order chi connectivity index (χ1) is 6.20. The number of allylic oxidation sites excluding steroid dienone is 1. The number of hydrogen-bond donors (Lipinski definition) is 0. The van der Waals surface area contributed by atoms with Gasteiger partial charge in [-0.25, -0.2) is 0 Å². The quantitative estimate of drug-likeness (QED) is 0.429. The average Bonchev–Trinajstić information content (AvgIpc) is 2.09. The van der Waals surface area contributed by atoms with Crippen molar-refractivity contribution in [1.29, 1.82) is 0 Å². The van der Waals surface area contributed by atoms with Crippen LogP contribution < -0.4 is 0 Å². The van der Waals surface area contributed by atoms with E-state index in [9.17, 15) is 0 Å². The Balaban J connectivity index is 3.66. The Kier molecular flexibility index (Phi) is 9.06. The SMILES string of the molecule is C=C(C)[CH2][Ge]([CH2]CCC)[CH2]CCC. The van der Waals surface area contributed by atoms with Gasteiger partial charge in [0.2, 0.25) is 0 Å². The zero-order valence-corrected chi connectivity index (χ0v) is 11.8. The van der Waals surface area contributed by atoms with Gasteiger partial charge in [0, 0.05) is 0 Å². The summed E-state index contributed by atoms with van der Waals surface area (Å²) in [5.74, 6) is 0. The van der Waals surface area contributed by atoms with Crippen LogP contribution in [0.15, 0.2) is 12.2 Å². The molecule has 0 atom stereocenters. The molecule has 0 fully saturated rings. The second-order valence-electron chi connectivity index (χ2n) is 4.09. The van der Waals surface area contributed by atoms with Gasteiger partial charge in [-0.15, -0.1) is 0 Å². The van der Waals surface area contributed by atoms with Crippen LogP contribution in [0.1, 0.15) is 46.5 Å².